The van der Waals surface area contributed by atoms with Crippen molar-refractivity contribution in [3.05, 3.63) is 22.3 Å². The fourth-order valence-corrected chi connectivity index (χ4v) is 4.83. The van der Waals surface area contributed by atoms with Gasteiger partial charge in [-0.1, -0.05) is 0 Å². The molecule has 0 aromatic heterocycles. The van der Waals surface area contributed by atoms with Crippen molar-refractivity contribution in [2.24, 2.45) is 10.7 Å². The number of ether oxygens (including phenoxy) is 1. The maximum atomic E-state index is 13.0. The standard InChI is InChI=1S/C19H31N3O3S/c1-11-12(2)16(26(23,24)22-17(20)21-18(4,5)6)13(3)14-9-10-19(7,8)25-15(11)14/h9-10H2,1-8H3,(H3,20,21,22). The first-order chi connectivity index (χ1) is 11.6. The second-order valence-corrected chi connectivity index (χ2v) is 10.3. The number of nitrogens with two attached hydrogens (primary N) is 1. The summed E-state index contributed by atoms with van der Waals surface area (Å²) >= 11 is 0. The predicted molar refractivity (Wildman–Crippen MR) is 105 cm³/mol. The Morgan fingerprint density at radius 3 is 2.27 bits per heavy atom. The van der Waals surface area contributed by atoms with E-state index < -0.39 is 15.6 Å². The van der Waals surface area contributed by atoms with Crippen LogP contribution in [0.1, 0.15) is 63.3 Å². The van der Waals surface area contributed by atoms with E-state index in [9.17, 15) is 8.42 Å². The average Bonchev–Trinajstić information content (AvgIpc) is 2.40. The van der Waals surface area contributed by atoms with Crippen LogP contribution in [0.3, 0.4) is 0 Å². The summed E-state index contributed by atoms with van der Waals surface area (Å²) in [5, 5.41) is 0. The van der Waals surface area contributed by atoms with Gasteiger partial charge in [-0.15, -0.1) is 0 Å². The molecule has 0 spiro atoms. The van der Waals surface area contributed by atoms with E-state index in [0.29, 0.717) is 5.56 Å². The third kappa shape index (κ3) is 4.14. The van der Waals surface area contributed by atoms with Gasteiger partial charge in [-0.3, -0.25) is 0 Å². The van der Waals surface area contributed by atoms with Crippen molar-refractivity contribution in [3.63, 3.8) is 0 Å². The van der Waals surface area contributed by atoms with Crippen LogP contribution in [0.4, 0.5) is 0 Å². The van der Waals surface area contributed by atoms with Gasteiger partial charge in [0.05, 0.1) is 10.4 Å². The maximum absolute atomic E-state index is 13.0. The summed E-state index contributed by atoms with van der Waals surface area (Å²) in [5.41, 5.74) is 8.31. The molecule has 0 fully saturated rings. The zero-order valence-electron chi connectivity index (χ0n) is 17.1. The van der Waals surface area contributed by atoms with Gasteiger partial charge >= 0.3 is 0 Å². The van der Waals surface area contributed by atoms with E-state index in [1.54, 1.807) is 6.92 Å². The third-order valence-electron chi connectivity index (χ3n) is 4.63. The smallest absolute Gasteiger partial charge is 0.264 e. The number of rotatable bonds is 2. The van der Waals surface area contributed by atoms with E-state index >= 15 is 0 Å². The van der Waals surface area contributed by atoms with E-state index in [-0.39, 0.29) is 16.5 Å². The van der Waals surface area contributed by atoms with Gasteiger partial charge in [0.1, 0.15) is 11.4 Å². The minimum absolute atomic E-state index is 0.107. The van der Waals surface area contributed by atoms with Crippen LogP contribution in [-0.2, 0) is 16.4 Å². The summed E-state index contributed by atoms with van der Waals surface area (Å²) < 4.78 is 34.6. The highest BCUT2D eigenvalue weighted by Gasteiger charge is 2.33. The highest BCUT2D eigenvalue weighted by atomic mass is 32.2. The first-order valence-corrected chi connectivity index (χ1v) is 10.3. The lowest BCUT2D eigenvalue weighted by Gasteiger charge is -2.35. The molecule has 1 aromatic carbocycles. The maximum Gasteiger partial charge on any atom is 0.264 e. The van der Waals surface area contributed by atoms with Crippen molar-refractivity contribution < 1.29 is 13.2 Å². The Balaban J connectivity index is 2.58. The van der Waals surface area contributed by atoms with Crippen LogP contribution in [0.5, 0.6) is 5.75 Å². The molecule has 0 saturated carbocycles. The lowest BCUT2D eigenvalue weighted by Crippen LogP contribution is -2.39. The van der Waals surface area contributed by atoms with Gasteiger partial charge in [0, 0.05) is 0 Å². The van der Waals surface area contributed by atoms with Crippen molar-refractivity contribution in [2.75, 3.05) is 0 Å². The number of nitrogens with zero attached hydrogens (tertiary/aromatic N) is 1. The molecule has 0 atom stereocenters. The zero-order chi connectivity index (χ0) is 20.1. The van der Waals surface area contributed by atoms with Gasteiger partial charge in [-0.25, -0.2) is 18.1 Å². The molecule has 6 nitrogen and oxygen atoms in total. The van der Waals surface area contributed by atoms with Crippen molar-refractivity contribution in [1.29, 1.82) is 0 Å². The summed E-state index contributed by atoms with van der Waals surface area (Å²) in [6.45, 7) is 15.2. The monoisotopic (exact) mass is 381 g/mol. The molecular formula is C19H31N3O3S. The minimum atomic E-state index is -3.84. The number of nitrogens with one attached hydrogen (secondary N) is 1. The Labute approximate surface area is 157 Å². The van der Waals surface area contributed by atoms with Gasteiger partial charge < -0.3 is 10.5 Å². The molecule has 0 amide bonds. The van der Waals surface area contributed by atoms with Crippen LogP contribution in [0.15, 0.2) is 9.89 Å². The van der Waals surface area contributed by atoms with Gasteiger partial charge in [0.15, 0.2) is 0 Å². The molecule has 0 aliphatic carbocycles. The van der Waals surface area contributed by atoms with Crippen LogP contribution < -0.4 is 15.2 Å². The number of hydrogen-bond donors (Lipinski definition) is 2. The molecule has 1 aliphatic heterocycles. The number of sulfonamides is 1. The fraction of sp³-hybridized carbons (Fsp3) is 0.632. The van der Waals surface area contributed by atoms with E-state index in [4.69, 9.17) is 10.5 Å². The number of aliphatic imine (C=N–C) groups is 1. The first kappa shape index (κ1) is 20.6. The van der Waals surface area contributed by atoms with E-state index in [2.05, 4.69) is 23.6 Å². The molecular weight excluding hydrogens is 350 g/mol. The van der Waals surface area contributed by atoms with Crippen LogP contribution >= 0.6 is 0 Å². The molecule has 2 rings (SSSR count). The average molecular weight is 382 g/mol. The zero-order valence-corrected chi connectivity index (χ0v) is 17.9. The molecule has 1 aromatic rings. The Morgan fingerprint density at radius 2 is 1.73 bits per heavy atom. The van der Waals surface area contributed by atoms with Crippen molar-refractivity contribution in [3.8, 4) is 5.75 Å². The molecule has 0 unspecified atom stereocenters. The number of hydrogen-bond acceptors (Lipinski definition) is 4. The summed E-state index contributed by atoms with van der Waals surface area (Å²) in [4.78, 5) is 4.46. The first-order valence-electron chi connectivity index (χ1n) is 8.84. The molecule has 0 bridgehead atoms. The second kappa shape index (κ2) is 6.44. The molecule has 26 heavy (non-hydrogen) atoms. The van der Waals surface area contributed by atoms with Gasteiger partial charge in [0.25, 0.3) is 10.0 Å². The van der Waals surface area contributed by atoms with Crippen LogP contribution in [0.25, 0.3) is 0 Å². The van der Waals surface area contributed by atoms with E-state index in [0.717, 1.165) is 35.3 Å². The predicted octanol–water partition coefficient (Wildman–Crippen LogP) is 3.11. The van der Waals surface area contributed by atoms with Gasteiger partial charge in [-0.2, -0.15) is 0 Å². The summed E-state index contributed by atoms with van der Waals surface area (Å²) in [7, 11) is -3.84. The Bertz CT molecular complexity index is 863. The largest absolute Gasteiger partial charge is 0.487 e. The van der Waals surface area contributed by atoms with Crippen LogP contribution in [0.2, 0.25) is 0 Å². The van der Waals surface area contributed by atoms with E-state index in [1.165, 1.54) is 0 Å². The molecule has 0 radical (unpaired) electrons. The molecule has 1 aliphatic rings. The SMILES string of the molecule is Cc1c(C)c(S(=O)(=O)NC(N)=NC(C)(C)C)c(C)c2c1OC(C)(C)CC2. The summed E-state index contributed by atoms with van der Waals surface area (Å²) in [6.07, 6.45) is 1.62. The van der Waals surface area contributed by atoms with Crippen molar-refractivity contribution in [1.82, 2.24) is 4.72 Å². The highest BCUT2D eigenvalue weighted by molar-refractivity contribution is 7.90. The molecule has 3 N–H and O–H groups in total. The lowest BCUT2D eigenvalue weighted by molar-refractivity contribution is 0.0832. The van der Waals surface area contributed by atoms with Crippen molar-refractivity contribution in [2.45, 2.75) is 84.3 Å². The third-order valence-corrected chi connectivity index (χ3v) is 6.26. The summed E-state index contributed by atoms with van der Waals surface area (Å²) in [6, 6.07) is 0. The van der Waals surface area contributed by atoms with Crippen LogP contribution in [0, 0.1) is 20.8 Å². The van der Waals surface area contributed by atoms with Gasteiger partial charge in [0.2, 0.25) is 5.96 Å². The number of guanidine groups is 1. The van der Waals surface area contributed by atoms with Crippen LogP contribution in [-0.4, -0.2) is 25.5 Å². The van der Waals surface area contributed by atoms with Crippen molar-refractivity contribution >= 4 is 16.0 Å². The van der Waals surface area contributed by atoms with Gasteiger partial charge in [-0.05, 0) is 90.5 Å². The number of fused-ring (bicyclic) bond motifs is 1. The number of benzene rings is 1. The normalized spacial score (nSPS) is 17.5. The Morgan fingerprint density at radius 1 is 1.15 bits per heavy atom. The molecule has 0 saturated heterocycles. The summed E-state index contributed by atoms with van der Waals surface area (Å²) in [5.74, 6) is 0.704. The Hall–Kier alpha value is -1.76. The lowest BCUT2D eigenvalue weighted by atomic mass is 9.88. The second-order valence-electron chi connectivity index (χ2n) is 8.65. The molecule has 7 heteroatoms. The highest BCUT2D eigenvalue weighted by Crippen LogP contribution is 2.42. The Kier molecular flexibility index (Phi) is 5.09. The quantitative estimate of drug-likeness (QED) is 0.608. The topological polar surface area (TPSA) is 93.8 Å². The fourth-order valence-electron chi connectivity index (χ4n) is 3.32. The van der Waals surface area contributed by atoms with E-state index in [1.807, 2.05) is 34.6 Å². The minimum Gasteiger partial charge on any atom is -0.487 e. The molecule has 1 heterocycles. The molecule has 146 valence electrons.